The number of amides is 3. The molecule has 50 heavy (non-hydrogen) atoms. The first-order valence-corrected chi connectivity index (χ1v) is 19.2. The van der Waals surface area contributed by atoms with Crippen molar-refractivity contribution in [2.45, 2.75) is 107 Å². The summed E-state index contributed by atoms with van der Waals surface area (Å²) in [4.78, 5) is 53.1. The number of allylic oxidation sites excluding steroid dienone is 1. The summed E-state index contributed by atoms with van der Waals surface area (Å²) in [5, 5.41) is 6.36. The number of aromatic nitrogens is 3. The predicted octanol–water partition coefficient (Wildman–Crippen LogP) is 3.67. The molecule has 3 N–H and O–H groups in total. The van der Waals surface area contributed by atoms with Crippen LogP contribution < -0.4 is 20.1 Å². The molecule has 1 saturated heterocycles. The van der Waals surface area contributed by atoms with Crippen LogP contribution >= 0.6 is 0 Å². The lowest BCUT2D eigenvalue weighted by Crippen LogP contribution is -2.58. The summed E-state index contributed by atoms with van der Waals surface area (Å²) >= 11 is 0. The lowest BCUT2D eigenvalue weighted by molar-refractivity contribution is -0.140. The van der Waals surface area contributed by atoms with Gasteiger partial charge in [0.05, 0.1) is 28.5 Å². The summed E-state index contributed by atoms with van der Waals surface area (Å²) in [5.41, 5.74) is 0.896. The molecular formula is C36H45N7O6S. The Balaban J connectivity index is 1.20. The molecule has 3 amide bonds. The van der Waals surface area contributed by atoms with Gasteiger partial charge in [0.25, 0.3) is 11.9 Å². The molecule has 1 aromatic carbocycles. The molecule has 7 rings (SSSR count). The molecule has 0 radical (unpaired) electrons. The number of fused-ring (bicyclic) bond motifs is 3. The van der Waals surface area contributed by atoms with Crippen molar-refractivity contribution in [3.8, 4) is 6.01 Å². The number of ether oxygens (including phenoxy) is 1. The van der Waals surface area contributed by atoms with Crippen LogP contribution in [0.3, 0.4) is 0 Å². The van der Waals surface area contributed by atoms with Gasteiger partial charge in [-0.05, 0) is 70.6 Å². The first-order valence-electron chi connectivity index (χ1n) is 17.7. The third-order valence-electron chi connectivity index (χ3n) is 10.7. The van der Waals surface area contributed by atoms with Crippen LogP contribution in [0.2, 0.25) is 0 Å². The lowest BCUT2D eigenvalue weighted by atomic mass is 10.0. The van der Waals surface area contributed by atoms with Crippen molar-refractivity contribution in [3.63, 3.8) is 0 Å². The van der Waals surface area contributed by atoms with E-state index in [1.54, 1.807) is 30.3 Å². The second kappa shape index (κ2) is 13.3. The van der Waals surface area contributed by atoms with Crippen molar-refractivity contribution in [3.05, 3.63) is 60.9 Å². The quantitative estimate of drug-likeness (QED) is 0.297. The van der Waals surface area contributed by atoms with Gasteiger partial charge in [-0.1, -0.05) is 43.2 Å². The number of anilines is 1. The van der Waals surface area contributed by atoms with E-state index in [4.69, 9.17) is 4.74 Å². The Labute approximate surface area is 292 Å². The van der Waals surface area contributed by atoms with Gasteiger partial charge < -0.3 is 20.3 Å². The van der Waals surface area contributed by atoms with Crippen molar-refractivity contribution in [2.24, 2.45) is 5.92 Å². The standard InChI is InChI=1S/C36H45N7O6S/c1-3-42-30-22-37-19-16-27(30)39-34(42)49-26-20-29-31(44)40-36(33(46)41-50(47,48)35(2)17-18-35)21-24(36)12-8-5-4-6-11-15-28(32(45)43(29)23-26)38-25-13-9-7-10-14-25/h7-10,12-14,16,19,22,24,26,28-29,38H,3-6,11,15,17-18,20-21,23H2,1-2H3,(H,40,44)(H,41,46)/b12-8-/t24-,26+,28-,29-,36+/m0/s1. The van der Waals surface area contributed by atoms with Gasteiger partial charge in [0.15, 0.2) is 0 Å². The molecular weight excluding hydrogens is 659 g/mol. The fourth-order valence-electron chi connectivity index (χ4n) is 7.17. The van der Waals surface area contributed by atoms with Gasteiger partial charge in [-0.3, -0.25) is 28.7 Å². The molecule has 2 aromatic heterocycles. The predicted molar refractivity (Wildman–Crippen MR) is 187 cm³/mol. The summed E-state index contributed by atoms with van der Waals surface area (Å²) in [5.74, 6) is -1.87. The Morgan fingerprint density at radius 3 is 2.68 bits per heavy atom. The Bertz CT molecular complexity index is 1910. The molecule has 2 saturated carbocycles. The third-order valence-corrected chi connectivity index (χ3v) is 12.9. The number of carbonyl (C=O) groups excluding carboxylic acids is 3. The smallest absolute Gasteiger partial charge is 0.297 e. The van der Waals surface area contributed by atoms with E-state index in [1.807, 2.05) is 54.0 Å². The minimum absolute atomic E-state index is 0.129. The van der Waals surface area contributed by atoms with Crippen LogP contribution in [0.15, 0.2) is 60.9 Å². The normalized spacial score (nSPS) is 28.7. The fourth-order valence-corrected chi connectivity index (χ4v) is 8.49. The molecule has 4 heterocycles. The van der Waals surface area contributed by atoms with E-state index in [9.17, 15) is 22.8 Å². The maximum absolute atomic E-state index is 14.5. The van der Waals surface area contributed by atoms with Crippen LogP contribution in [0.25, 0.3) is 11.0 Å². The zero-order chi connectivity index (χ0) is 35.1. The number of carbonyl (C=O) groups is 3. The topological polar surface area (TPSA) is 165 Å². The van der Waals surface area contributed by atoms with E-state index in [2.05, 4.69) is 25.3 Å². The molecule has 3 aromatic rings. The molecule has 0 unspecified atom stereocenters. The van der Waals surface area contributed by atoms with Gasteiger partial charge in [-0.15, -0.1) is 0 Å². The highest BCUT2D eigenvalue weighted by Crippen LogP contribution is 2.47. The number of nitrogens with zero attached hydrogens (tertiary/aromatic N) is 4. The van der Waals surface area contributed by atoms with Crippen LogP contribution in [0.4, 0.5) is 5.69 Å². The van der Waals surface area contributed by atoms with E-state index >= 15 is 0 Å². The number of para-hydroxylation sites is 1. The second-order valence-corrected chi connectivity index (χ2v) is 16.5. The summed E-state index contributed by atoms with van der Waals surface area (Å²) < 4.78 is 35.9. The number of rotatable bonds is 8. The SMILES string of the molecule is CCn1c(O[C@@H]2C[C@H]3C(=O)N[C@]4(C(=O)NS(=O)(=O)C5(C)CC5)C[C@@H]4/C=C\CCCCC[C@H](Nc4ccccc4)C(=O)N3C2)nc2ccncc21. The number of aryl methyl sites for hydroxylation is 1. The molecule has 266 valence electrons. The summed E-state index contributed by atoms with van der Waals surface area (Å²) in [6.45, 7) is 4.30. The van der Waals surface area contributed by atoms with Gasteiger partial charge in [0, 0.05) is 30.8 Å². The number of imidazole rings is 1. The van der Waals surface area contributed by atoms with Crippen LogP contribution in [-0.4, -0.2) is 80.6 Å². The molecule has 2 aliphatic carbocycles. The molecule has 4 aliphatic rings. The largest absolute Gasteiger partial charge is 0.459 e. The maximum Gasteiger partial charge on any atom is 0.297 e. The van der Waals surface area contributed by atoms with E-state index in [0.29, 0.717) is 31.8 Å². The van der Waals surface area contributed by atoms with Crippen LogP contribution in [-0.2, 0) is 31.0 Å². The van der Waals surface area contributed by atoms with Gasteiger partial charge in [-0.25, -0.2) is 8.42 Å². The van der Waals surface area contributed by atoms with Crippen LogP contribution in [0.5, 0.6) is 6.01 Å². The highest BCUT2D eigenvalue weighted by atomic mass is 32.2. The number of nitrogens with one attached hydrogen (secondary N) is 3. The summed E-state index contributed by atoms with van der Waals surface area (Å²) in [6.07, 6.45) is 12.0. The molecule has 3 fully saturated rings. The van der Waals surface area contributed by atoms with Crippen molar-refractivity contribution >= 4 is 44.5 Å². The molecule has 13 nitrogen and oxygen atoms in total. The van der Waals surface area contributed by atoms with E-state index in [1.165, 1.54) is 0 Å². The van der Waals surface area contributed by atoms with E-state index in [0.717, 1.165) is 42.4 Å². The molecule has 14 heteroatoms. The van der Waals surface area contributed by atoms with Gasteiger partial charge in [0.2, 0.25) is 21.8 Å². The number of hydrogen-bond acceptors (Lipinski definition) is 9. The van der Waals surface area contributed by atoms with Gasteiger partial charge in [0.1, 0.15) is 23.7 Å². The van der Waals surface area contributed by atoms with Crippen LogP contribution in [0, 0.1) is 5.92 Å². The molecule has 5 atom stereocenters. The second-order valence-electron chi connectivity index (χ2n) is 14.3. The zero-order valence-electron chi connectivity index (χ0n) is 28.5. The minimum Gasteiger partial charge on any atom is -0.459 e. The van der Waals surface area contributed by atoms with Crippen molar-refractivity contribution in [1.29, 1.82) is 0 Å². The molecule has 2 aliphatic heterocycles. The first-order chi connectivity index (χ1) is 24.0. The Morgan fingerprint density at radius 1 is 1.12 bits per heavy atom. The average Bonchev–Trinajstić information content (AvgIpc) is 3.93. The highest BCUT2D eigenvalue weighted by molar-refractivity contribution is 7.91. The van der Waals surface area contributed by atoms with Crippen LogP contribution in [0.1, 0.15) is 71.6 Å². The number of benzene rings is 1. The summed E-state index contributed by atoms with van der Waals surface area (Å²) in [6, 6.07) is 10.1. The summed E-state index contributed by atoms with van der Waals surface area (Å²) in [7, 11) is -3.94. The Morgan fingerprint density at radius 2 is 1.92 bits per heavy atom. The molecule has 0 spiro atoms. The zero-order valence-corrected chi connectivity index (χ0v) is 29.3. The Hall–Kier alpha value is -4.46. The third kappa shape index (κ3) is 6.57. The van der Waals surface area contributed by atoms with Crippen molar-refractivity contribution in [2.75, 3.05) is 11.9 Å². The van der Waals surface area contributed by atoms with Crippen molar-refractivity contribution in [1.82, 2.24) is 29.5 Å². The van der Waals surface area contributed by atoms with Gasteiger partial charge in [-0.2, -0.15) is 4.98 Å². The molecule has 0 bridgehead atoms. The number of pyridine rings is 1. The minimum atomic E-state index is -3.94. The van der Waals surface area contributed by atoms with Crippen molar-refractivity contribution < 1.29 is 27.5 Å². The monoisotopic (exact) mass is 703 g/mol. The number of hydrogen-bond donors (Lipinski definition) is 3. The Kier molecular flexibility index (Phi) is 9.08. The highest BCUT2D eigenvalue weighted by Gasteiger charge is 2.63. The fraction of sp³-hybridized carbons (Fsp3) is 0.528. The van der Waals surface area contributed by atoms with E-state index < -0.39 is 50.3 Å². The van der Waals surface area contributed by atoms with E-state index in [-0.39, 0.29) is 31.2 Å². The lowest BCUT2D eigenvalue weighted by Gasteiger charge is -2.30. The average molecular weight is 704 g/mol. The maximum atomic E-state index is 14.5. The first kappa shape index (κ1) is 34.0. The number of sulfonamides is 1. The van der Waals surface area contributed by atoms with Gasteiger partial charge >= 0.3 is 0 Å².